The Morgan fingerprint density at radius 1 is 1.29 bits per heavy atom. The highest BCUT2D eigenvalue weighted by Crippen LogP contribution is 2.28. The van der Waals surface area contributed by atoms with E-state index in [-0.39, 0.29) is 29.5 Å². The van der Waals surface area contributed by atoms with Crippen molar-refractivity contribution >= 4 is 18.3 Å². The highest BCUT2D eigenvalue weighted by atomic mass is 35.5. The second-order valence-electron chi connectivity index (χ2n) is 5.77. The maximum Gasteiger partial charge on any atom is 0.387 e. The Labute approximate surface area is 146 Å². The molecule has 0 aliphatic carbocycles. The summed E-state index contributed by atoms with van der Waals surface area (Å²) in [5.74, 6) is -0.201. The van der Waals surface area contributed by atoms with Crippen LogP contribution in [0.3, 0.4) is 0 Å². The van der Waals surface area contributed by atoms with Crippen LogP contribution in [0.15, 0.2) is 24.3 Å². The number of piperidine rings is 1. The summed E-state index contributed by atoms with van der Waals surface area (Å²) in [4.78, 5) is 12.2. The van der Waals surface area contributed by atoms with Crippen molar-refractivity contribution in [3.63, 3.8) is 0 Å². The summed E-state index contributed by atoms with van der Waals surface area (Å²) in [6, 6.07) is 5.66. The molecule has 0 spiro atoms. The topological polar surface area (TPSA) is 59.6 Å². The van der Waals surface area contributed by atoms with E-state index in [4.69, 9.17) is 4.74 Å². The number of hydrogen-bond acceptors (Lipinski definition) is 4. The van der Waals surface area contributed by atoms with E-state index in [2.05, 4.69) is 15.4 Å². The van der Waals surface area contributed by atoms with Gasteiger partial charge in [0.25, 0.3) is 5.91 Å². The summed E-state index contributed by atoms with van der Waals surface area (Å²) >= 11 is 0. The van der Waals surface area contributed by atoms with E-state index >= 15 is 0 Å². The number of rotatable bonds is 7. The van der Waals surface area contributed by atoms with Crippen LogP contribution in [0.1, 0.15) is 23.2 Å². The molecule has 2 N–H and O–H groups in total. The molecule has 1 fully saturated rings. The Morgan fingerprint density at radius 3 is 2.46 bits per heavy atom. The van der Waals surface area contributed by atoms with Crippen LogP contribution >= 0.6 is 12.4 Å². The van der Waals surface area contributed by atoms with Gasteiger partial charge >= 0.3 is 6.61 Å². The zero-order valence-electron chi connectivity index (χ0n) is 13.5. The Morgan fingerprint density at radius 2 is 1.92 bits per heavy atom. The molecule has 1 amide bonds. The van der Waals surface area contributed by atoms with Gasteiger partial charge in [-0.2, -0.15) is 8.78 Å². The molecule has 2 rings (SSSR count). The predicted octanol–water partition coefficient (Wildman–Crippen LogP) is 2.46. The van der Waals surface area contributed by atoms with Gasteiger partial charge in [-0.05, 0) is 50.2 Å². The Bertz CT molecular complexity index is 503. The monoisotopic (exact) mass is 364 g/mol. The summed E-state index contributed by atoms with van der Waals surface area (Å²) in [6.45, 7) is 0.0494. The number of carbonyl (C=O) groups excluding carboxylic acids is 1. The lowest BCUT2D eigenvalue weighted by molar-refractivity contribution is -0.0498. The fourth-order valence-electron chi connectivity index (χ4n) is 2.79. The van der Waals surface area contributed by atoms with Gasteiger partial charge in [0.2, 0.25) is 0 Å². The van der Waals surface area contributed by atoms with Crippen molar-refractivity contribution in [1.82, 2.24) is 10.6 Å². The molecule has 1 saturated heterocycles. The number of halogens is 3. The minimum atomic E-state index is -2.87. The van der Waals surface area contributed by atoms with E-state index in [0.717, 1.165) is 25.9 Å². The van der Waals surface area contributed by atoms with Crippen LogP contribution in [-0.4, -0.2) is 45.9 Å². The molecule has 24 heavy (non-hydrogen) atoms. The molecule has 5 nitrogen and oxygen atoms in total. The molecule has 1 aliphatic rings. The second-order valence-corrected chi connectivity index (χ2v) is 5.77. The maximum absolute atomic E-state index is 12.2. The standard InChI is InChI=1S/C16H22F2N2O3.ClH/c1-22-11-16(6-8-19-9-7-16)10-20-14(21)12-2-4-13(5-3-12)23-15(17)18;/h2-5,15,19H,6-11H2,1H3,(H,20,21);1H. The normalized spacial score (nSPS) is 16.3. The fraction of sp³-hybridized carbons (Fsp3) is 0.562. The first-order valence-corrected chi connectivity index (χ1v) is 7.57. The highest BCUT2D eigenvalue weighted by Gasteiger charge is 2.32. The number of ether oxygens (including phenoxy) is 2. The number of benzene rings is 1. The minimum Gasteiger partial charge on any atom is -0.435 e. The summed E-state index contributed by atoms with van der Waals surface area (Å²) in [5, 5.41) is 6.21. The van der Waals surface area contributed by atoms with Gasteiger partial charge in [0.05, 0.1) is 6.61 Å². The molecular formula is C16H23ClF2N2O3. The summed E-state index contributed by atoms with van der Waals surface area (Å²) in [6.07, 6.45) is 1.87. The van der Waals surface area contributed by atoms with E-state index in [1.165, 1.54) is 24.3 Å². The lowest BCUT2D eigenvalue weighted by Gasteiger charge is -2.37. The van der Waals surface area contributed by atoms with Crippen molar-refractivity contribution in [2.75, 3.05) is 33.4 Å². The summed E-state index contributed by atoms with van der Waals surface area (Å²) in [7, 11) is 1.66. The maximum atomic E-state index is 12.2. The van der Waals surface area contributed by atoms with Crippen molar-refractivity contribution in [1.29, 1.82) is 0 Å². The van der Waals surface area contributed by atoms with Crippen LogP contribution < -0.4 is 15.4 Å². The van der Waals surface area contributed by atoms with Crippen molar-refractivity contribution in [3.8, 4) is 5.75 Å². The van der Waals surface area contributed by atoms with Gasteiger partial charge in [0.15, 0.2) is 0 Å². The Balaban J connectivity index is 0.00000288. The van der Waals surface area contributed by atoms with Crippen LogP contribution in [0.5, 0.6) is 5.75 Å². The average molecular weight is 365 g/mol. The predicted molar refractivity (Wildman–Crippen MR) is 89.1 cm³/mol. The largest absolute Gasteiger partial charge is 0.435 e. The second kappa shape index (κ2) is 9.76. The number of amides is 1. The van der Waals surface area contributed by atoms with Gasteiger partial charge in [-0.3, -0.25) is 4.79 Å². The molecule has 0 saturated carbocycles. The van der Waals surface area contributed by atoms with E-state index in [9.17, 15) is 13.6 Å². The smallest absolute Gasteiger partial charge is 0.387 e. The van der Waals surface area contributed by atoms with Crippen molar-refractivity contribution in [2.24, 2.45) is 5.41 Å². The number of methoxy groups -OCH3 is 1. The molecule has 1 aromatic rings. The van der Waals surface area contributed by atoms with Gasteiger partial charge in [0.1, 0.15) is 5.75 Å². The molecule has 0 atom stereocenters. The van der Waals surface area contributed by atoms with E-state index < -0.39 is 6.61 Å². The van der Waals surface area contributed by atoms with Gasteiger partial charge < -0.3 is 20.1 Å². The summed E-state index contributed by atoms with van der Waals surface area (Å²) in [5.41, 5.74) is 0.349. The molecule has 1 aliphatic heterocycles. The fourth-order valence-corrected chi connectivity index (χ4v) is 2.79. The molecular weight excluding hydrogens is 342 g/mol. The number of alkyl halides is 2. The van der Waals surface area contributed by atoms with Crippen LogP contribution in [0.2, 0.25) is 0 Å². The zero-order valence-corrected chi connectivity index (χ0v) is 14.3. The zero-order chi connectivity index (χ0) is 16.7. The van der Waals surface area contributed by atoms with Crippen LogP contribution in [0.25, 0.3) is 0 Å². The Hall–Kier alpha value is -1.44. The number of carbonyl (C=O) groups is 1. The van der Waals surface area contributed by atoms with Gasteiger partial charge in [0, 0.05) is 24.6 Å². The van der Waals surface area contributed by atoms with E-state index in [0.29, 0.717) is 18.7 Å². The van der Waals surface area contributed by atoms with Crippen molar-refractivity contribution < 1.29 is 23.0 Å². The van der Waals surface area contributed by atoms with E-state index in [1.807, 2.05) is 0 Å². The third kappa shape index (κ3) is 5.89. The molecule has 0 unspecified atom stereocenters. The molecule has 0 aromatic heterocycles. The summed E-state index contributed by atoms with van der Waals surface area (Å²) < 4.78 is 33.8. The van der Waals surface area contributed by atoms with Crippen molar-refractivity contribution in [3.05, 3.63) is 29.8 Å². The van der Waals surface area contributed by atoms with Crippen molar-refractivity contribution in [2.45, 2.75) is 19.5 Å². The average Bonchev–Trinajstić information content (AvgIpc) is 2.54. The molecule has 0 bridgehead atoms. The highest BCUT2D eigenvalue weighted by molar-refractivity contribution is 5.94. The first-order valence-electron chi connectivity index (χ1n) is 7.57. The first-order chi connectivity index (χ1) is 11.0. The molecule has 0 radical (unpaired) electrons. The SMILES string of the molecule is COCC1(CNC(=O)c2ccc(OC(F)F)cc2)CCNCC1.Cl. The lowest BCUT2D eigenvalue weighted by Crippen LogP contribution is -2.47. The quantitative estimate of drug-likeness (QED) is 0.780. The first kappa shape index (κ1) is 20.6. The van der Waals surface area contributed by atoms with Gasteiger partial charge in [-0.15, -0.1) is 12.4 Å². The van der Waals surface area contributed by atoms with Gasteiger partial charge in [-0.1, -0.05) is 0 Å². The third-order valence-corrected chi connectivity index (χ3v) is 4.08. The molecule has 1 aromatic carbocycles. The van der Waals surface area contributed by atoms with Crippen LogP contribution in [0, 0.1) is 5.41 Å². The molecule has 8 heteroatoms. The molecule has 136 valence electrons. The number of nitrogens with one attached hydrogen (secondary N) is 2. The van der Waals surface area contributed by atoms with Crippen LogP contribution in [0.4, 0.5) is 8.78 Å². The van der Waals surface area contributed by atoms with Gasteiger partial charge in [-0.25, -0.2) is 0 Å². The van der Waals surface area contributed by atoms with Crippen LogP contribution in [-0.2, 0) is 4.74 Å². The van der Waals surface area contributed by atoms with E-state index in [1.54, 1.807) is 7.11 Å². The lowest BCUT2D eigenvalue weighted by atomic mass is 9.79. The third-order valence-electron chi connectivity index (χ3n) is 4.08. The minimum absolute atomic E-state index is 0. The number of hydrogen-bond donors (Lipinski definition) is 2. The molecule has 1 heterocycles. The Kier molecular flexibility index (Phi) is 8.38.